The number of benzene rings is 2. The fraction of sp³-hybridized carbons (Fsp3) is 0.286. The van der Waals surface area contributed by atoms with E-state index >= 15 is 0 Å². The van der Waals surface area contributed by atoms with Crippen LogP contribution < -0.4 is 10.6 Å². The van der Waals surface area contributed by atoms with Gasteiger partial charge in [-0.15, -0.1) is 5.10 Å². The quantitative estimate of drug-likeness (QED) is 0.585. The van der Waals surface area contributed by atoms with Crippen molar-refractivity contribution >= 4 is 35.0 Å². The summed E-state index contributed by atoms with van der Waals surface area (Å²) in [6.45, 7) is 7.90. The van der Waals surface area contributed by atoms with Gasteiger partial charge in [0.2, 0.25) is 11.1 Å². The maximum absolute atomic E-state index is 12.7. The molecule has 8 nitrogen and oxygen atoms in total. The fourth-order valence-corrected chi connectivity index (χ4v) is 3.58. The predicted molar refractivity (Wildman–Crippen MR) is 118 cm³/mol. The van der Waals surface area contributed by atoms with Gasteiger partial charge in [0.25, 0.3) is 5.91 Å². The van der Waals surface area contributed by atoms with Crippen LogP contribution in [0.5, 0.6) is 0 Å². The summed E-state index contributed by atoms with van der Waals surface area (Å²) in [5.41, 5.74) is 2.29. The molecule has 0 spiro atoms. The zero-order chi connectivity index (χ0) is 21.7. The third-order valence-corrected chi connectivity index (χ3v) is 5.05. The molecule has 0 fully saturated rings. The van der Waals surface area contributed by atoms with Crippen molar-refractivity contribution in [3.63, 3.8) is 0 Å². The van der Waals surface area contributed by atoms with Crippen molar-refractivity contribution in [1.29, 1.82) is 0 Å². The Morgan fingerprint density at radius 2 is 1.83 bits per heavy atom. The average Bonchev–Trinajstić information content (AvgIpc) is 3.16. The number of hydrogen-bond acceptors (Lipinski definition) is 6. The lowest BCUT2D eigenvalue weighted by molar-refractivity contribution is -0.113. The normalized spacial score (nSPS) is 11.2. The molecule has 2 aromatic carbocycles. The number of tetrazole rings is 1. The van der Waals surface area contributed by atoms with E-state index in [1.165, 1.54) is 11.8 Å². The number of para-hydroxylation sites is 1. The summed E-state index contributed by atoms with van der Waals surface area (Å²) in [6, 6.07) is 14.4. The molecule has 0 saturated carbocycles. The maximum Gasteiger partial charge on any atom is 0.257 e. The highest BCUT2D eigenvalue weighted by Gasteiger charge is 2.21. The van der Waals surface area contributed by atoms with Crippen molar-refractivity contribution < 1.29 is 9.59 Å². The van der Waals surface area contributed by atoms with Crippen molar-refractivity contribution in [1.82, 2.24) is 20.2 Å². The number of anilines is 2. The molecule has 2 N–H and O–H groups in total. The summed E-state index contributed by atoms with van der Waals surface area (Å²) in [7, 11) is 0. The number of nitrogens with one attached hydrogen (secondary N) is 2. The van der Waals surface area contributed by atoms with Gasteiger partial charge in [0, 0.05) is 5.69 Å². The first kappa shape index (κ1) is 21.5. The molecule has 0 radical (unpaired) electrons. The fourth-order valence-electron chi connectivity index (χ4n) is 2.72. The predicted octanol–water partition coefficient (Wildman–Crippen LogP) is 3.72. The van der Waals surface area contributed by atoms with Gasteiger partial charge in [-0.3, -0.25) is 9.59 Å². The van der Waals surface area contributed by atoms with Crippen LogP contribution >= 0.6 is 11.8 Å². The van der Waals surface area contributed by atoms with Crippen molar-refractivity contribution in [3.8, 4) is 0 Å². The summed E-state index contributed by atoms with van der Waals surface area (Å²) < 4.78 is 1.67. The van der Waals surface area contributed by atoms with Gasteiger partial charge in [-0.1, -0.05) is 36.0 Å². The zero-order valence-electron chi connectivity index (χ0n) is 17.3. The number of thioether (sulfide) groups is 1. The highest BCUT2D eigenvalue weighted by Crippen LogP contribution is 2.22. The molecule has 0 atom stereocenters. The van der Waals surface area contributed by atoms with Crippen LogP contribution in [0.4, 0.5) is 11.4 Å². The number of hydrogen-bond donors (Lipinski definition) is 2. The third kappa shape index (κ3) is 5.44. The topological polar surface area (TPSA) is 102 Å². The first-order valence-corrected chi connectivity index (χ1v) is 10.4. The van der Waals surface area contributed by atoms with E-state index < -0.39 is 0 Å². The van der Waals surface area contributed by atoms with Gasteiger partial charge >= 0.3 is 0 Å². The minimum Gasteiger partial charge on any atom is -0.325 e. The number of rotatable bonds is 6. The smallest absolute Gasteiger partial charge is 0.257 e. The molecule has 0 aliphatic heterocycles. The van der Waals surface area contributed by atoms with Gasteiger partial charge < -0.3 is 10.6 Å². The number of aryl methyl sites for hydroxylation is 1. The van der Waals surface area contributed by atoms with E-state index in [1.807, 2.05) is 52.0 Å². The first-order chi connectivity index (χ1) is 14.2. The lowest BCUT2D eigenvalue weighted by Crippen LogP contribution is -2.25. The molecule has 0 aliphatic carbocycles. The van der Waals surface area contributed by atoms with Crippen molar-refractivity contribution in [3.05, 3.63) is 59.7 Å². The Bertz CT molecular complexity index is 1060. The monoisotopic (exact) mass is 424 g/mol. The SMILES string of the molecule is Cc1cccc(NC(=O)c2ccccc2NC(=O)CSc2nnnn2C(C)(C)C)c1. The van der Waals surface area contributed by atoms with Crippen molar-refractivity contribution in [2.45, 2.75) is 38.4 Å². The van der Waals surface area contributed by atoms with Crippen LogP contribution in [0.25, 0.3) is 0 Å². The Balaban J connectivity index is 1.66. The van der Waals surface area contributed by atoms with E-state index in [0.717, 1.165) is 5.56 Å². The van der Waals surface area contributed by atoms with Gasteiger partial charge in [0.05, 0.1) is 22.5 Å². The molecule has 0 bridgehead atoms. The number of amides is 2. The van der Waals surface area contributed by atoms with Crippen LogP contribution in [0.15, 0.2) is 53.7 Å². The van der Waals surface area contributed by atoms with Crippen LogP contribution in [0.2, 0.25) is 0 Å². The van der Waals surface area contributed by atoms with Gasteiger partial charge in [-0.05, 0) is 68.0 Å². The first-order valence-electron chi connectivity index (χ1n) is 9.42. The molecule has 0 aliphatic rings. The Morgan fingerprint density at radius 3 is 2.57 bits per heavy atom. The average molecular weight is 425 g/mol. The number of nitrogens with zero attached hydrogens (tertiary/aromatic N) is 4. The van der Waals surface area contributed by atoms with E-state index in [9.17, 15) is 9.59 Å². The van der Waals surface area contributed by atoms with Crippen LogP contribution in [0.1, 0.15) is 36.7 Å². The molecular formula is C21H24N6O2S. The highest BCUT2D eigenvalue weighted by molar-refractivity contribution is 7.99. The molecule has 1 heterocycles. The summed E-state index contributed by atoms with van der Waals surface area (Å²) in [5.74, 6) is -0.426. The van der Waals surface area contributed by atoms with Gasteiger partial charge in [0.15, 0.2) is 0 Å². The summed E-state index contributed by atoms with van der Waals surface area (Å²) in [6.07, 6.45) is 0. The molecule has 156 valence electrons. The van der Waals surface area contributed by atoms with Crippen molar-refractivity contribution in [2.24, 2.45) is 0 Å². The van der Waals surface area contributed by atoms with E-state index in [-0.39, 0.29) is 23.1 Å². The van der Waals surface area contributed by atoms with E-state index in [1.54, 1.807) is 28.9 Å². The molecule has 3 rings (SSSR count). The Labute approximate surface area is 179 Å². The van der Waals surface area contributed by atoms with Crippen LogP contribution in [0, 0.1) is 6.92 Å². The zero-order valence-corrected chi connectivity index (χ0v) is 18.2. The minimum absolute atomic E-state index is 0.115. The molecule has 0 saturated heterocycles. The Hall–Kier alpha value is -3.20. The third-order valence-electron chi connectivity index (χ3n) is 4.13. The lowest BCUT2D eigenvalue weighted by Gasteiger charge is -2.19. The lowest BCUT2D eigenvalue weighted by atomic mass is 10.1. The minimum atomic E-state index is -0.291. The molecule has 3 aromatic rings. The van der Waals surface area contributed by atoms with Crippen LogP contribution in [-0.4, -0.2) is 37.8 Å². The Morgan fingerprint density at radius 1 is 1.07 bits per heavy atom. The summed E-state index contributed by atoms with van der Waals surface area (Å²) in [5, 5.41) is 17.9. The molecule has 2 amide bonds. The molecular weight excluding hydrogens is 400 g/mol. The molecule has 9 heteroatoms. The summed E-state index contributed by atoms with van der Waals surface area (Å²) >= 11 is 1.24. The van der Waals surface area contributed by atoms with E-state index in [2.05, 4.69) is 26.2 Å². The second-order valence-corrected chi connectivity index (χ2v) is 8.69. The largest absolute Gasteiger partial charge is 0.325 e. The molecule has 0 unspecified atom stereocenters. The van der Waals surface area contributed by atoms with Gasteiger partial charge in [-0.25, -0.2) is 4.68 Å². The molecule has 30 heavy (non-hydrogen) atoms. The highest BCUT2D eigenvalue weighted by atomic mass is 32.2. The Kier molecular flexibility index (Phi) is 6.51. The maximum atomic E-state index is 12.7. The van der Waals surface area contributed by atoms with Crippen LogP contribution in [0.3, 0.4) is 0 Å². The summed E-state index contributed by atoms with van der Waals surface area (Å²) in [4.78, 5) is 25.2. The van der Waals surface area contributed by atoms with Gasteiger partial charge in [-0.2, -0.15) is 0 Å². The standard InChI is InChI=1S/C21H24N6O2S/c1-14-8-7-9-15(12-14)22-19(29)16-10-5-6-11-17(16)23-18(28)13-30-20-24-25-26-27(20)21(2,3)4/h5-12H,13H2,1-4H3,(H,22,29)(H,23,28). The van der Waals surface area contributed by atoms with E-state index in [4.69, 9.17) is 0 Å². The molecule has 1 aromatic heterocycles. The van der Waals surface area contributed by atoms with Crippen LogP contribution in [-0.2, 0) is 10.3 Å². The van der Waals surface area contributed by atoms with Crippen molar-refractivity contribution in [2.75, 3.05) is 16.4 Å². The number of carbonyl (C=O) groups excluding carboxylic acids is 2. The second-order valence-electron chi connectivity index (χ2n) is 7.75. The number of carbonyl (C=O) groups is 2. The van der Waals surface area contributed by atoms with E-state index in [0.29, 0.717) is 22.1 Å². The van der Waals surface area contributed by atoms with Gasteiger partial charge in [0.1, 0.15) is 0 Å². The second kappa shape index (κ2) is 9.08. The number of aromatic nitrogens is 4.